The quantitative estimate of drug-likeness (QED) is 0.439. The predicted octanol–water partition coefficient (Wildman–Crippen LogP) is 4.73. The zero-order valence-corrected chi connectivity index (χ0v) is 17.0. The van der Waals surface area contributed by atoms with Crippen LogP contribution in [0.1, 0.15) is 18.1 Å². The van der Waals surface area contributed by atoms with Gasteiger partial charge in [-0.2, -0.15) is 5.26 Å². The van der Waals surface area contributed by atoms with Gasteiger partial charge in [-0.15, -0.1) is 0 Å². The first kappa shape index (κ1) is 19.6. The van der Waals surface area contributed by atoms with Crippen molar-refractivity contribution < 1.29 is 4.74 Å². The molecule has 0 amide bonds. The fourth-order valence-electron chi connectivity index (χ4n) is 3.21. The van der Waals surface area contributed by atoms with Crippen molar-refractivity contribution in [2.24, 2.45) is 0 Å². The monoisotopic (exact) mass is 418 g/mol. The Hall–Kier alpha value is -3.76. The van der Waals surface area contributed by atoms with Gasteiger partial charge in [0, 0.05) is 47.3 Å². The Morgan fingerprint density at radius 3 is 2.87 bits per heavy atom. The number of nitrogens with one attached hydrogen (secondary N) is 1. The lowest BCUT2D eigenvalue weighted by atomic mass is 10.1. The summed E-state index contributed by atoms with van der Waals surface area (Å²) in [6, 6.07) is 11.4. The van der Waals surface area contributed by atoms with Gasteiger partial charge in [0.25, 0.3) is 0 Å². The summed E-state index contributed by atoms with van der Waals surface area (Å²) in [7, 11) is 0. The molecule has 0 bridgehead atoms. The predicted molar refractivity (Wildman–Crippen MR) is 118 cm³/mol. The van der Waals surface area contributed by atoms with Gasteiger partial charge in [-0.25, -0.2) is 4.98 Å². The number of nitrogens with zero attached hydrogens (tertiary/aromatic N) is 4. The molecule has 150 valence electrons. The highest BCUT2D eigenvalue weighted by Crippen LogP contribution is 2.35. The van der Waals surface area contributed by atoms with Gasteiger partial charge in [0.1, 0.15) is 11.8 Å². The number of aromatic nitrogens is 3. The molecule has 0 aliphatic rings. The summed E-state index contributed by atoms with van der Waals surface area (Å²) in [5.74, 6) is 0.569. The van der Waals surface area contributed by atoms with Crippen LogP contribution in [-0.4, -0.2) is 21.1 Å². The van der Waals surface area contributed by atoms with E-state index in [0.717, 1.165) is 16.6 Å². The molecule has 0 saturated carbocycles. The van der Waals surface area contributed by atoms with Crippen molar-refractivity contribution in [3.05, 3.63) is 71.4 Å². The number of imidazole rings is 1. The van der Waals surface area contributed by atoms with Crippen molar-refractivity contribution in [1.82, 2.24) is 14.5 Å². The fourth-order valence-corrected chi connectivity index (χ4v) is 3.45. The van der Waals surface area contributed by atoms with E-state index in [0.29, 0.717) is 46.4 Å². The maximum Gasteiger partial charge on any atom is 0.144 e. The highest BCUT2D eigenvalue weighted by Gasteiger charge is 2.13. The van der Waals surface area contributed by atoms with Gasteiger partial charge in [0.2, 0.25) is 0 Å². The standard InChI is InChI=1S/C22H19ClN6O/c1-2-30-21-9-20-17(8-19(21)25)22(15(10-24)11-27-20)28-16-4-3-14(18(23)7-16)12-29-6-5-26-13-29/h3-9,11,13H,2,12,25H2,1H3,(H,27,28). The minimum atomic E-state index is 0.407. The number of anilines is 3. The maximum absolute atomic E-state index is 9.59. The summed E-state index contributed by atoms with van der Waals surface area (Å²) < 4.78 is 7.50. The number of ether oxygens (including phenoxy) is 1. The molecular formula is C22H19ClN6O. The molecule has 3 N–H and O–H groups in total. The molecule has 0 saturated heterocycles. The van der Waals surface area contributed by atoms with Crippen LogP contribution >= 0.6 is 11.6 Å². The SMILES string of the molecule is CCOc1cc2ncc(C#N)c(Nc3ccc(Cn4ccnc4)c(Cl)c3)c2cc1N. The van der Waals surface area contributed by atoms with Crippen molar-refractivity contribution in [2.75, 3.05) is 17.7 Å². The zero-order chi connectivity index (χ0) is 21.1. The average Bonchev–Trinajstić information content (AvgIpc) is 3.24. The van der Waals surface area contributed by atoms with Crippen LogP contribution in [0.15, 0.2) is 55.2 Å². The second-order valence-electron chi connectivity index (χ2n) is 6.67. The second kappa shape index (κ2) is 8.31. The zero-order valence-electron chi connectivity index (χ0n) is 16.3. The molecule has 2 aromatic heterocycles. The van der Waals surface area contributed by atoms with Gasteiger partial charge in [0.05, 0.1) is 35.4 Å². The molecule has 0 fully saturated rings. The molecule has 4 rings (SSSR count). The molecule has 0 radical (unpaired) electrons. The number of benzene rings is 2. The molecule has 0 atom stereocenters. The van der Waals surface area contributed by atoms with Gasteiger partial charge >= 0.3 is 0 Å². The molecule has 2 heterocycles. The van der Waals surface area contributed by atoms with Crippen molar-refractivity contribution in [2.45, 2.75) is 13.5 Å². The largest absolute Gasteiger partial charge is 0.492 e. The van der Waals surface area contributed by atoms with Crippen LogP contribution in [0.3, 0.4) is 0 Å². The molecule has 0 aliphatic carbocycles. The topological polar surface area (TPSA) is 102 Å². The minimum Gasteiger partial charge on any atom is -0.492 e. The molecule has 7 nitrogen and oxygen atoms in total. The van der Waals surface area contributed by atoms with Crippen molar-refractivity contribution in [3.8, 4) is 11.8 Å². The van der Waals surface area contributed by atoms with Gasteiger partial charge in [-0.3, -0.25) is 4.98 Å². The van der Waals surface area contributed by atoms with Crippen LogP contribution < -0.4 is 15.8 Å². The molecule has 4 aromatic rings. The summed E-state index contributed by atoms with van der Waals surface area (Å²) in [5.41, 5.74) is 10.1. The maximum atomic E-state index is 9.59. The number of hydrogen-bond donors (Lipinski definition) is 2. The minimum absolute atomic E-state index is 0.407. The fraction of sp³-hybridized carbons (Fsp3) is 0.136. The van der Waals surface area contributed by atoms with Gasteiger partial charge in [0.15, 0.2) is 0 Å². The third-order valence-corrected chi connectivity index (χ3v) is 5.01. The lowest BCUT2D eigenvalue weighted by molar-refractivity contribution is 0.342. The van der Waals surface area contributed by atoms with Crippen LogP contribution in [0.5, 0.6) is 5.75 Å². The Bertz CT molecular complexity index is 1250. The number of nitrogens with two attached hydrogens (primary N) is 1. The number of halogens is 1. The summed E-state index contributed by atoms with van der Waals surface area (Å²) in [6.45, 7) is 3.02. The summed E-state index contributed by atoms with van der Waals surface area (Å²) in [5, 5.41) is 14.2. The highest BCUT2D eigenvalue weighted by atomic mass is 35.5. The third kappa shape index (κ3) is 3.86. The molecule has 30 heavy (non-hydrogen) atoms. The van der Waals surface area contributed by atoms with Crippen LogP contribution in [0.2, 0.25) is 5.02 Å². The molecule has 8 heteroatoms. The molecule has 0 aliphatic heterocycles. The Morgan fingerprint density at radius 1 is 1.30 bits per heavy atom. The Kier molecular flexibility index (Phi) is 5.42. The summed E-state index contributed by atoms with van der Waals surface area (Å²) in [6.07, 6.45) is 6.88. The molecular weight excluding hydrogens is 400 g/mol. The first-order valence-corrected chi connectivity index (χ1v) is 9.73. The smallest absolute Gasteiger partial charge is 0.144 e. The Morgan fingerprint density at radius 2 is 2.17 bits per heavy atom. The molecule has 2 aromatic carbocycles. The van der Waals surface area contributed by atoms with Gasteiger partial charge in [-0.1, -0.05) is 17.7 Å². The lowest BCUT2D eigenvalue weighted by Gasteiger charge is -2.15. The Balaban J connectivity index is 1.71. The van der Waals surface area contributed by atoms with E-state index in [1.165, 1.54) is 6.20 Å². The average molecular weight is 419 g/mol. The van der Waals surface area contributed by atoms with Crippen molar-refractivity contribution >= 4 is 39.6 Å². The summed E-state index contributed by atoms with van der Waals surface area (Å²) in [4.78, 5) is 8.43. The van der Waals surface area contributed by atoms with Crippen LogP contribution in [0.25, 0.3) is 10.9 Å². The lowest BCUT2D eigenvalue weighted by Crippen LogP contribution is -2.01. The number of hydrogen-bond acceptors (Lipinski definition) is 6. The Labute approximate surface area is 178 Å². The summed E-state index contributed by atoms with van der Waals surface area (Å²) >= 11 is 6.50. The third-order valence-electron chi connectivity index (χ3n) is 4.65. The van der Waals surface area contributed by atoms with E-state index in [1.54, 1.807) is 24.7 Å². The number of rotatable bonds is 6. The van der Waals surface area contributed by atoms with E-state index in [4.69, 9.17) is 22.1 Å². The second-order valence-corrected chi connectivity index (χ2v) is 7.07. The number of nitrogen functional groups attached to an aromatic ring is 1. The van der Waals surface area contributed by atoms with Crippen LogP contribution in [-0.2, 0) is 6.54 Å². The van der Waals surface area contributed by atoms with Crippen LogP contribution in [0.4, 0.5) is 17.1 Å². The normalized spacial score (nSPS) is 10.7. The molecule has 0 unspecified atom stereocenters. The molecule has 0 spiro atoms. The number of pyridine rings is 1. The van der Waals surface area contributed by atoms with Gasteiger partial charge in [-0.05, 0) is 30.7 Å². The van der Waals surface area contributed by atoms with E-state index in [1.807, 2.05) is 35.9 Å². The van der Waals surface area contributed by atoms with E-state index in [2.05, 4.69) is 21.4 Å². The van der Waals surface area contributed by atoms with Gasteiger partial charge < -0.3 is 20.4 Å². The van der Waals surface area contributed by atoms with Crippen LogP contribution in [0, 0.1) is 11.3 Å². The van der Waals surface area contributed by atoms with Crippen molar-refractivity contribution in [3.63, 3.8) is 0 Å². The van der Waals surface area contributed by atoms with E-state index in [9.17, 15) is 5.26 Å². The van der Waals surface area contributed by atoms with E-state index in [-0.39, 0.29) is 0 Å². The highest BCUT2D eigenvalue weighted by molar-refractivity contribution is 6.31. The van der Waals surface area contributed by atoms with Crippen molar-refractivity contribution in [1.29, 1.82) is 5.26 Å². The first-order valence-electron chi connectivity index (χ1n) is 9.35. The number of fused-ring (bicyclic) bond motifs is 1. The first-order chi connectivity index (χ1) is 14.6. The number of nitriles is 1. The van der Waals surface area contributed by atoms with E-state index >= 15 is 0 Å². The van der Waals surface area contributed by atoms with E-state index < -0.39 is 0 Å².